The number of nitrogens with zero attached hydrogens (tertiary/aromatic N) is 7. The first-order chi connectivity index (χ1) is 17.7. The molecule has 178 valence electrons. The van der Waals surface area contributed by atoms with E-state index < -0.39 is 0 Å². The van der Waals surface area contributed by atoms with E-state index in [1.165, 1.54) is 5.56 Å². The topological polar surface area (TPSA) is 112 Å². The molecule has 6 aromatic heterocycles. The molecule has 0 aromatic carbocycles. The summed E-state index contributed by atoms with van der Waals surface area (Å²) in [6.07, 6.45) is 13.0. The number of hydrogen-bond acceptors (Lipinski definition) is 7. The van der Waals surface area contributed by atoms with E-state index in [-0.39, 0.29) is 0 Å². The van der Waals surface area contributed by atoms with Crippen LogP contribution in [-0.4, -0.2) is 65.6 Å². The van der Waals surface area contributed by atoms with Crippen molar-refractivity contribution in [3.63, 3.8) is 0 Å². The quantitative estimate of drug-likeness (QED) is 0.349. The minimum atomic E-state index is 0.673. The lowest BCUT2D eigenvalue weighted by Gasteiger charge is -2.09. The minimum absolute atomic E-state index is 0.673. The summed E-state index contributed by atoms with van der Waals surface area (Å²) in [5, 5.41) is 8.59. The van der Waals surface area contributed by atoms with Crippen LogP contribution in [0.4, 0.5) is 0 Å². The van der Waals surface area contributed by atoms with E-state index in [0.29, 0.717) is 5.82 Å². The number of hydrogen-bond donors (Lipinski definition) is 2. The van der Waals surface area contributed by atoms with Crippen molar-refractivity contribution in [2.75, 3.05) is 20.6 Å². The third kappa shape index (κ3) is 4.20. The van der Waals surface area contributed by atoms with Crippen LogP contribution in [0.1, 0.15) is 12.0 Å². The number of rotatable bonds is 7. The molecular formula is C27H25N9. The van der Waals surface area contributed by atoms with Crippen LogP contribution in [0.3, 0.4) is 0 Å². The average molecular weight is 476 g/mol. The fourth-order valence-corrected chi connectivity index (χ4v) is 4.39. The van der Waals surface area contributed by atoms with Crippen LogP contribution in [0, 0.1) is 0 Å². The number of fused-ring (bicyclic) bond motifs is 2. The Bertz CT molecular complexity index is 1650. The van der Waals surface area contributed by atoms with E-state index in [2.05, 4.69) is 60.2 Å². The molecular weight excluding hydrogens is 450 g/mol. The highest BCUT2D eigenvalue weighted by Crippen LogP contribution is 2.31. The number of pyridine rings is 4. The summed E-state index contributed by atoms with van der Waals surface area (Å²) in [5.74, 6) is 0.673. The summed E-state index contributed by atoms with van der Waals surface area (Å²) in [6.45, 7) is 1.04. The smallest absolute Gasteiger partial charge is 0.159 e. The summed E-state index contributed by atoms with van der Waals surface area (Å²) in [7, 11) is 4.18. The molecule has 6 heterocycles. The maximum Gasteiger partial charge on any atom is 0.159 e. The van der Waals surface area contributed by atoms with E-state index in [1.54, 1.807) is 18.6 Å². The molecule has 0 saturated carbocycles. The third-order valence-electron chi connectivity index (χ3n) is 6.19. The summed E-state index contributed by atoms with van der Waals surface area (Å²) >= 11 is 0. The lowest BCUT2D eigenvalue weighted by Crippen LogP contribution is -2.13. The molecule has 9 nitrogen and oxygen atoms in total. The molecule has 0 radical (unpaired) electrons. The van der Waals surface area contributed by atoms with Gasteiger partial charge in [-0.3, -0.25) is 25.0 Å². The Morgan fingerprint density at radius 1 is 0.833 bits per heavy atom. The molecule has 2 N–H and O–H groups in total. The number of imidazole rings is 1. The van der Waals surface area contributed by atoms with Crippen LogP contribution in [0.5, 0.6) is 0 Å². The molecule has 0 aliphatic heterocycles. The van der Waals surface area contributed by atoms with Gasteiger partial charge in [0, 0.05) is 47.5 Å². The monoisotopic (exact) mass is 475 g/mol. The molecule has 0 bridgehead atoms. The fourth-order valence-electron chi connectivity index (χ4n) is 4.39. The maximum atomic E-state index is 4.89. The lowest BCUT2D eigenvalue weighted by molar-refractivity contribution is 0.400. The van der Waals surface area contributed by atoms with E-state index in [4.69, 9.17) is 4.98 Å². The molecule has 36 heavy (non-hydrogen) atoms. The molecule has 0 fully saturated rings. The Labute approximate surface area is 207 Å². The van der Waals surface area contributed by atoms with Crippen molar-refractivity contribution in [3.8, 4) is 34.0 Å². The Morgan fingerprint density at radius 3 is 2.58 bits per heavy atom. The van der Waals surface area contributed by atoms with Crippen LogP contribution in [0.25, 0.3) is 56.0 Å². The van der Waals surface area contributed by atoms with Gasteiger partial charge in [-0.25, -0.2) is 4.98 Å². The minimum Gasteiger partial charge on any atom is -0.336 e. The molecule has 0 aliphatic rings. The van der Waals surface area contributed by atoms with Crippen LogP contribution >= 0.6 is 0 Å². The molecule has 6 rings (SSSR count). The second-order valence-corrected chi connectivity index (χ2v) is 9.05. The van der Waals surface area contributed by atoms with Gasteiger partial charge in [0.05, 0.1) is 28.6 Å². The Kier molecular flexibility index (Phi) is 5.67. The summed E-state index contributed by atoms with van der Waals surface area (Å²) in [4.78, 5) is 28.3. The largest absolute Gasteiger partial charge is 0.336 e. The number of aromatic nitrogens is 8. The van der Waals surface area contributed by atoms with Gasteiger partial charge in [-0.1, -0.05) is 0 Å². The lowest BCUT2D eigenvalue weighted by atomic mass is 10.1. The van der Waals surface area contributed by atoms with Gasteiger partial charge in [-0.05, 0) is 69.4 Å². The van der Waals surface area contributed by atoms with Gasteiger partial charge in [-0.15, -0.1) is 0 Å². The molecule has 0 unspecified atom stereocenters. The summed E-state index contributed by atoms with van der Waals surface area (Å²) in [5.41, 5.74) is 8.07. The zero-order chi connectivity index (χ0) is 24.5. The predicted molar refractivity (Wildman–Crippen MR) is 140 cm³/mol. The first-order valence-corrected chi connectivity index (χ1v) is 11.8. The molecule has 0 saturated heterocycles. The van der Waals surface area contributed by atoms with E-state index >= 15 is 0 Å². The molecule has 6 aromatic rings. The average Bonchev–Trinajstić information content (AvgIpc) is 3.53. The highest BCUT2D eigenvalue weighted by atomic mass is 15.1. The second kappa shape index (κ2) is 9.27. The van der Waals surface area contributed by atoms with Gasteiger partial charge < -0.3 is 9.88 Å². The van der Waals surface area contributed by atoms with Gasteiger partial charge in [0.2, 0.25) is 0 Å². The van der Waals surface area contributed by atoms with Crippen LogP contribution in [0.15, 0.2) is 67.5 Å². The summed E-state index contributed by atoms with van der Waals surface area (Å²) in [6, 6.07) is 10.0. The highest BCUT2D eigenvalue weighted by Gasteiger charge is 2.17. The Hall–Kier alpha value is -4.50. The van der Waals surface area contributed by atoms with Gasteiger partial charge >= 0.3 is 0 Å². The number of aryl methyl sites for hydroxylation is 1. The molecule has 9 heteroatoms. The van der Waals surface area contributed by atoms with Crippen LogP contribution < -0.4 is 0 Å². The van der Waals surface area contributed by atoms with Crippen molar-refractivity contribution in [1.82, 2.24) is 45.0 Å². The van der Waals surface area contributed by atoms with Crippen molar-refractivity contribution < 1.29 is 0 Å². The van der Waals surface area contributed by atoms with E-state index in [1.807, 2.05) is 42.9 Å². The molecule has 0 spiro atoms. The SMILES string of the molecule is CN(C)CCCc1cncc(-c2cc3c(-c4nc5c(-c6ccncc6)nccc5[nH]4)n[nH]c3cn2)c1. The molecule has 0 atom stereocenters. The standard InChI is InChI=1S/C27H25N9/c1-36(2)11-3-4-17-12-19(15-29-14-17)22-13-20-23(16-31-22)34-35-25(20)27-32-21-7-10-30-24(26(21)33-27)18-5-8-28-9-6-18/h5-10,12-16H,3-4,11H2,1-2H3,(H,32,33)(H,34,35). The van der Waals surface area contributed by atoms with Gasteiger partial charge in [0.1, 0.15) is 11.2 Å². The summed E-state index contributed by atoms with van der Waals surface area (Å²) < 4.78 is 0. The first kappa shape index (κ1) is 22.0. The second-order valence-electron chi connectivity index (χ2n) is 9.05. The predicted octanol–water partition coefficient (Wildman–Crippen LogP) is 4.51. The number of nitrogens with one attached hydrogen (secondary N) is 2. The van der Waals surface area contributed by atoms with Crippen LogP contribution in [0.2, 0.25) is 0 Å². The van der Waals surface area contributed by atoms with Gasteiger partial charge in [-0.2, -0.15) is 5.10 Å². The highest BCUT2D eigenvalue weighted by molar-refractivity contribution is 5.96. The van der Waals surface area contributed by atoms with Crippen molar-refractivity contribution in [3.05, 3.63) is 73.1 Å². The van der Waals surface area contributed by atoms with Crippen molar-refractivity contribution in [2.24, 2.45) is 0 Å². The Balaban J connectivity index is 1.38. The van der Waals surface area contributed by atoms with Crippen molar-refractivity contribution in [2.45, 2.75) is 12.8 Å². The fraction of sp³-hybridized carbons (Fsp3) is 0.185. The third-order valence-corrected chi connectivity index (χ3v) is 6.19. The van der Waals surface area contributed by atoms with Gasteiger partial charge in [0.15, 0.2) is 5.82 Å². The normalized spacial score (nSPS) is 11.6. The zero-order valence-electron chi connectivity index (χ0n) is 20.1. The zero-order valence-corrected chi connectivity index (χ0v) is 20.1. The first-order valence-electron chi connectivity index (χ1n) is 11.8. The molecule has 0 aliphatic carbocycles. The van der Waals surface area contributed by atoms with Gasteiger partial charge in [0.25, 0.3) is 0 Å². The van der Waals surface area contributed by atoms with E-state index in [9.17, 15) is 0 Å². The van der Waals surface area contributed by atoms with Crippen molar-refractivity contribution >= 4 is 21.9 Å². The maximum absolute atomic E-state index is 4.89. The van der Waals surface area contributed by atoms with E-state index in [0.717, 1.165) is 69.5 Å². The van der Waals surface area contributed by atoms with Crippen molar-refractivity contribution in [1.29, 1.82) is 0 Å². The van der Waals surface area contributed by atoms with Crippen LogP contribution in [-0.2, 0) is 6.42 Å². The number of H-pyrrole nitrogens is 2. The molecule has 0 amide bonds. The number of aromatic amines is 2. The Morgan fingerprint density at radius 2 is 1.72 bits per heavy atom.